The van der Waals surface area contributed by atoms with Gasteiger partial charge >= 0.3 is 0 Å². The first kappa shape index (κ1) is 15.3. The van der Waals surface area contributed by atoms with Crippen molar-refractivity contribution in [2.75, 3.05) is 0 Å². The summed E-state index contributed by atoms with van der Waals surface area (Å²) in [5.74, 6) is -0.350. The summed E-state index contributed by atoms with van der Waals surface area (Å²) in [6, 6.07) is 4.44. The van der Waals surface area contributed by atoms with Gasteiger partial charge in [0.15, 0.2) is 5.78 Å². The van der Waals surface area contributed by atoms with Crippen molar-refractivity contribution in [3.8, 4) is 0 Å². The van der Waals surface area contributed by atoms with Crippen LogP contribution in [0.5, 0.6) is 0 Å². The van der Waals surface area contributed by atoms with Crippen LogP contribution in [0, 0.1) is 0 Å². The Balaban J connectivity index is 2.30. The fourth-order valence-corrected chi connectivity index (χ4v) is 2.02. The molecule has 1 aromatic heterocycles. The zero-order chi connectivity index (χ0) is 14.9. The highest BCUT2D eigenvalue weighted by Crippen LogP contribution is 2.23. The maximum atomic E-state index is 12.0. The molecule has 0 fully saturated rings. The third kappa shape index (κ3) is 3.15. The van der Waals surface area contributed by atoms with Crippen LogP contribution in [0.3, 0.4) is 0 Å². The van der Waals surface area contributed by atoms with E-state index in [4.69, 9.17) is 46.4 Å². The number of hydrogen-bond acceptors (Lipinski definition) is 3. The third-order valence-electron chi connectivity index (χ3n) is 2.48. The molecular formula is C12H6Cl4N2O2. The molecule has 1 heterocycles. The highest BCUT2D eigenvalue weighted by Gasteiger charge is 2.13. The van der Waals surface area contributed by atoms with E-state index in [-0.39, 0.29) is 27.4 Å². The minimum atomic E-state index is -0.632. The van der Waals surface area contributed by atoms with E-state index in [0.717, 1.165) is 4.68 Å². The SMILES string of the molecule is O=C(Cn1ncc(Cl)c(Cl)c1=O)c1ccc(Cl)c(Cl)c1. The van der Waals surface area contributed by atoms with E-state index >= 15 is 0 Å². The molecule has 104 valence electrons. The van der Waals surface area contributed by atoms with Crippen LogP contribution in [-0.4, -0.2) is 15.6 Å². The Morgan fingerprint density at radius 3 is 2.45 bits per heavy atom. The van der Waals surface area contributed by atoms with Crippen molar-refractivity contribution in [1.29, 1.82) is 0 Å². The van der Waals surface area contributed by atoms with Crippen LogP contribution in [0.1, 0.15) is 10.4 Å². The van der Waals surface area contributed by atoms with Crippen LogP contribution in [-0.2, 0) is 6.54 Å². The summed E-state index contributed by atoms with van der Waals surface area (Å²) in [7, 11) is 0. The summed E-state index contributed by atoms with van der Waals surface area (Å²) in [6.07, 6.45) is 1.20. The highest BCUT2D eigenvalue weighted by atomic mass is 35.5. The second-order valence-corrected chi connectivity index (χ2v) is 5.42. The molecule has 0 aliphatic heterocycles. The van der Waals surface area contributed by atoms with Gasteiger partial charge in [-0.1, -0.05) is 46.4 Å². The predicted molar refractivity (Wildman–Crippen MR) is 79.3 cm³/mol. The molecular weight excluding hydrogens is 346 g/mol. The molecule has 1 aromatic carbocycles. The van der Waals surface area contributed by atoms with Gasteiger partial charge < -0.3 is 0 Å². The monoisotopic (exact) mass is 350 g/mol. The van der Waals surface area contributed by atoms with Gasteiger partial charge in [-0.25, -0.2) is 4.68 Å². The first-order valence-electron chi connectivity index (χ1n) is 5.29. The average molecular weight is 352 g/mol. The van der Waals surface area contributed by atoms with Crippen molar-refractivity contribution in [1.82, 2.24) is 9.78 Å². The lowest BCUT2D eigenvalue weighted by molar-refractivity contribution is 0.0965. The second-order valence-electron chi connectivity index (χ2n) is 3.82. The van der Waals surface area contributed by atoms with Crippen molar-refractivity contribution in [2.45, 2.75) is 6.54 Å². The Kier molecular flexibility index (Phi) is 4.70. The Labute approximate surface area is 133 Å². The molecule has 20 heavy (non-hydrogen) atoms. The first-order chi connectivity index (χ1) is 9.40. The minimum absolute atomic E-state index is 0.0369. The van der Waals surface area contributed by atoms with Crippen LogP contribution in [0.4, 0.5) is 0 Å². The van der Waals surface area contributed by atoms with E-state index in [1.807, 2.05) is 0 Å². The van der Waals surface area contributed by atoms with Gasteiger partial charge in [0.2, 0.25) is 0 Å². The van der Waals surface area contributed by atoms with Gasteiger partial charge in [0.1, 0.15) is 11.6 Å². The molecule has 0 amide bonds. The number of halogens is 4. The lowest BCUT2D eigenvalue weighted by Crippen LogP contribution is -2.27. The quantitative estimate of drug-likeness (QED) is 0.791. The number of rotatable bonds is 3. The van der Waals surface area contributed by atoms with Crippen molar-refractivity contribution in [3.63, 3.8) is 0 Å². The number of nitrogens with zero attached hydrogens (tertiary/aromatic N) is 2. The van der Waals surface area contributed by atoms with Crippen LogP contribution in [0.15, 0.2) is 29.2 Å². The number of hydrogen-bond donors (Lipinski definition) is 0. The van der Waals surface area contributed by atoms with Gasteiger partial charge in [-0.05, 0) is 18.2 Å². The van der Waals surface area contributed by atoms with Crippen LogP contribution >= 0.6 is 46.4 Å². The predicted octanol–water partition coefficient (Wildman–Crippen LogP) is 3.74. The van der Waals surface area contributed by atoms with Crippen molar-refractivity contribution < 1.29 is 4.79 Å². The minimum Gasteiger partial charge on any atom is -0.292 e. The van der Waals surface area contributed by atoms with Crippen molar-refractivity contribution >= 4 is 52.2 Å². The summed E-state index contributed by atoms with van der Waals surface area (Å²) < 4.78 is 0.930. The molecule has 0 saturated heterocycles. The van der Waals surface area contributed by atoms with Gasteiger partial charge in [-0.3, -0.25) is 9.59 Å². The van der Waals surface area contributed by atoms with Crippen LogP contribution < -0.4 is 5.56 Å². The van der Waals surface area contributed by atoms with Crippen molar-refractivity contribution in [2.24, 2.45) is 0 Å². The molecule has 0 saturated carbocycles. The van der Waals surface area contributed by atoms with Gasteiger partial charge in [0.25, 0.3) is 5.56 Å². The van der Waals surface area contributed by atoms with E-state index in [2.05, 4.69) is 5.10 Å². The molecule has 0 aliphatic rings. The van der Waals surface area contributed by atoms with Gasteiger partial charge in [-0.15, -0.1) is 0 Å². The molecule has 0 bridgehead atoms. The Hall–Kier alpha value is -1.07. The molecule has 0 unspecified atom stereocenters. The molecule has 0 radical (unpaired) electrons. The van der Waals surface area contributed by atoms with Gasteiger partial charge in [0, 0.05) is 5.56 Å². The molecule has 0 aliphatic carbocycles. The summed E-state index contributed by atoms with van der Waals surface area (Å²) in [5.41, 5.74) is -0.313. The smallest absolute Gasteiger partial charge is 0.287 e. The number of ketones is 1. The molecule has 4 nitrogen and oxygen atoms in total. The Morgan fingerprint density at radius 1 is 1.10 bits per heavy atom. The fraction of sp³-hybridized carbons (Fsp3) is 0.0833. The van der Waals surface area contributed by atoms with Crippen molar-refractivity contribution in [3.05, 3.63) is 60.4 Å². The largest absolute Gasteiger partial charge is 0.292 e. The van der Waals surface area contributed by atoms with E-state index in [1.54, 1.807) is 0 Å². The zero-order valence-electron chi connectivity index (χ0n) is 9.74. The van der Waals surface area contributed by atoms with E-state index in [0.29, 0.717) is 10.6 Å². The maximum Gasteiger partial charge on any atom is 0.287 e. The summed E-state index contributed by atoms with van der Waals surface area (Å²) in [5, 5.41) is 4.21. The molecule has 0 N–H and O–H groups in total. The second kappa shape index (κ2) is 6.14. The standard InChI is InChI=1S/C12H6Cl4N2O2/c13-7-2-1-6(3-8(7)14)10(19)5-18-12(20)11(16)9(15)4-17-18/h1-4H,5H2. The van der Waals surface area contributed by atoms with E-state index in [9.17, 15) is 9.59 Å². The number of carbonyl (C=O) groups is 1. The maximum absolute atomic E-state index is 12.0. The summed E-state index contributed by atoms with van der Waals surface area (Å²) >= 11 is 23.0. The zero-order valence-corrected chi connectivity index (χ0v) is 12.8. The number of benzene rings is 1. The summed E-state index contributed by atoms with van der Waals surface area (Å²) in [4.78, 5) is 23.8. The molecule has 2 aromatic rings. The average Bonchev–Trinajstić information content (AvgIpc) is 2.42. The fourth-order valence-electron chi connectivity index (χ4n) is 1.45. The topological polar surface area (TPSA) is 52.0 Å². The van der Waals surface area contributed by atoms with Gasteiger partial charge in [0.05, 0.1) is 21.3 Å². The van der Waals surface area contributed by atoms with Gasteiger partial charge in [-0.2, -0.15) is 5.10 Å². The molecule has 0 atom stereocenters. The lowest BCUT2D eigenvalue weighted by Gasteiger charge is -2.06. The Bertz CT molecular complexity index is 743. The molecule has 8 heteroatoms. The van der Waals surface area contributed by atoms with Crippen LogP contribution in [0.2, 0.25) is 20.1 Å². The third-order valence-corrected chi connectivity index (χ3v) is 3.96. The molecule has 0 spiro atoms. The normalized spacial score (nSPS) is 10.6. The number of aromatic nitrogens is 2. The summed E-state index contributed by atoms with van der Waals surface area (Å²) in [6.45, 7) is -0.270. The lowest BCUT2D eigenvalue weighted by atomic mass is 10.1. The number of Topliss-reactive ketones (excluding diaryl/α,β-unsaturated/α-hetero) is 1. The first-order valence-corrected chi connectivity index (χ1v) is 6.80. The van der Waals surface area contributed by atoms with E-state index < -0.39 is 5.56 Å². The Morgan fingerprint density at radius 2 is 1.80 bits per heavy atom. The number of carbonyl (C=O) groups excluding carboxylic acids is 1. The van der Waals surface area contributed by atoms with Crippen LogP contribution in [0.25, 0.3) is 0 Å². The highest BCUT2D eigenvalue weighted by molar-refractivity contribution is 6.42. The van der Waals surface area contributed by atoms with E-state index in [1.165, 1.54) is 24.4 Å². The molecule has 2 rings (SSSR count).